The van der Waals surface area contributed by atoms with Crippen LogP contribution in [0, 0.1) is 13.8 Å². The molecule has 7 heteroatoms. The number of benzene rings is 1. The van der Waals surface area contributed by atoms with Crippen molar-refractivity contribution in [1.29, 1.82) is 0 Å². The number of aromatic nitrogens is 3. The van der Waals surface area contributed by atoms with Crippen LogP contribution in [-0.4, -0.2) is 20.3 Å². The molecule has 3 heterocycles. The monoisotopic (exact) mass is 398 g/mol. The number of rotatable bonds is 4. The molecule has 4 rings (SSSR count). The summed E-state index contributed by atoms with van der Waals surface area (Å²) in [5, 5.41) is 10.2. The molecule has 1 amide bonds. The van der Waals surface area contributed by atoms with Crippen molar-refractivity contribution in [3.8, 4) is 0 Å². The smallest absolute Gasteiger partial charge is 0.272 e. The van der Waals surface area contributed by atoms with Crippen molar-refractivity contribution in [1.82, 2.24) is 14.3 Å². The number of hydrogen-bond donors (Lipinski definition) is 1. The summed E-state index contributed by atoms with van der Waals surface area (Å²) in [6, 6.07) is 11.7. The van der Waals surface area contributed by atoms with Gasteiger partial charge in [-0.15, -0.1) is 11.3 Å². The number of aryl methyl sites for hydroxylation is 2. The first-order chi connectivity index (χ1) is 12.9. The quantitative estimate of drug-likeness (QED) is 0.525. The molecular weight excluding hydrogens is 380 g/mol. The van der Waals surface area contributed by atoms with E-state index < -0.39 is 0 Å². The van der Waals surface area contributed by atoms with Gasteiger partial charge in [0, 0.05) is 18.6 Å². The van der Waals surface area contributed by atoms with Crippen molar-refractivity contribution >= 4 is 44.7 Å². The van der Waals surface area contributed by atoms with Gasteiger partial charge in [-0.1, -0.05) is 23.7 Å². The van der Waals surface area contributed by atoms with E-state index >= 15 is 0 Å². The topological polar surface area (TPSA) is 51.9 Å². The van der Waals surface area contributed by atoms with Gasteiger partial charge in [0.15, 0.2) is 0 Å². The summed E-state index contributed by atoms with van der Waals surface area (Å²) < 4.78 is 4.91. The van der Waals surface area contributed by atoms with Crippen molar-refractivity contribution in [2.45, 2.75) is 20.4 Å². The molecule has 1 aromatic carbocycles. The number of nitrogens with one attached hydrogen (secondary N) is 1. The highest BCUT2D eigenvalue weighted by molar-refractivity contribution is 7.17. The molecular formula is C20H19ClN4OS. The van der Waals surface area contributed by atoms with E-state index in [0.717, 1.165) is 32.9 Å². The van der Waals surface area contributed by atoms with Gasteiger partial charge in [-0.05, 0) is 49.1 Å². The van der Waals surface area contributed by atoms with Gasteiger partial charge in [-0.25, -0.2) is 0 Å². The third kappa shape index (κ3) is 3.26. The summed E-state index contributed by atoms with van der Waals surface area (Å²) in [5.41, 5.74) is 5.28. The zero-order chi connectivity index (χ0) is 19.1. The number of nitrogens with zero attached hydrogens (tertiary/aromatic N) is 3. The van der Waals surface area contributed by atoms with Gasteiger partial charge < -0.3 is 9.88 Å². The highest BCUT2D eigenvalue weighted by Crippen LogP contribution is 2.28. The molecule has 0 bridgehead atoms. The van der Waals surface area contributed by atoms with Crippen LogP contribution >= 0.6 is 22.9 Å². The average Bonchev–Trinajstić information content (AvgIpc) is 3.28. The second kappa shape index (κ2) is 6.87. The van der Waals surface area contributed by atoms with E-state index in [2.05, 4.69) is 10.4 Å². The first-order valence-electron chi connectivity index (χ1n) is 8.57. The number of carbonyl (C=O) groups is 1. The molecule has 3 aromatic heterocycles. The molecule has 0 unspecified atom stereocenters. The largest absolute Gasteiger partial charge is 0.331 e. The van der Waals surface area contributed by atoms with Crippen LogP contribution in [-0.2, 0) is 13.6 Å². The minimum Gasteiger partial charge on any atom is -0.331 e. The molecule has 0 aliphatic heterocycles. The number of fused-ring (bicyclic) bond motifs is 1. The molecule has 0 aliphatic carbocycles. The van der Waals surface area contributed by atoms with E-state index in [0.29, 0.717) is 17.3 Å². The maximum Gasteiger partial charge on any atom is 0.272 e. The predicted molar refractivity (Wildman–Crippen MR) is 111 cm³/mol. The number of thiophene rings is 1. The molecule has 0 radical (unpaired) electrons. The molecule has 0 spiro atoms. The van der Waals surface area contributed by atoms with Crippen molar-refractivity contribution in [3.05, 3.63) is 69.4 Å². The van der Waals surface area contributed by atoms with Crippen LogP contribution in [0.4, 0.5) is 5.69 Å². The Bertz CT molecular complexity index is 1140. The molecule has 0 fully saturated rings. The van der Waals surface area contributed by atoms with E-state index in [4.69, 9.17) is 11.6 Å². The molecule has 0 saturated heterocycles. The summed E-state index contributed by atoms with van der Waals surface area (Å²) in [6.45, 7) is 4.44. The summed E-state index contributed by atoms with van der Waals surface area (Å²) in [6.07, 6.45) is 0. The lowest BCUT2D eigenvalue weighted by Crippen LogP contribution is -2.18. The van der Waals surface area contributed by atoms with E-state index in [-0.39, 0.29) is 5.91 Å². The Morgan fingerprint density at radius 2 is 1.96 bits per heavy atom. The first-order valence-corrected chi connectivity index (χ1v) is 9.82. The number of amides is 1. The summed E-state index contributed by atoms with van der Waals surface area (Å²) >= 11 is 7.63. The fourth-order valence-corrected chi connectivity index (χ4v) is 4.19. The molecule has 0 aliphatic rings. The van der Waals surface area contributed by atoms with Gasteiger partial charge in [0.05, 0.1) is 27.3 Å². The Balaban J connectivity index is 1.71. The molecule has 1 N–H and O–H groups in total. The maximum atomic E-state index is 13.1. The first kappa shape index (κ1) is 17.8. The number of hydrogen-bond acceptors (Lipinski definition) is 3. The third-order valence-corrected chi connectivity index (χ3v) is 5.86. The van der Waals surface area contributed by atoms with Crippen molar-refractivity contribution in [2.75, 3.05) is 5.32 Å². The molecule has 5 nitrogen and oxygen atoms in total. The standard InChI is InChI=1S/C20H19ClN4OS/c1-12-19(13(2)24(3)23-12)22-20(26)17-10-18-16(8-9-27-18)25(17)11-14-4-6-15(21)7-5-14/h4-10H,11H2,1-3H3,(H,22,26). The third-order valence-electron chi connectivity index (χ3n) is 4.76. The highest BCUT2D eigenvalue weighted by Gasteiger charge is 2.19. The van der Waals surface area contributed by atoms with Crippen LogP contribution in [0.5, 0.6) is 0 Å². The van der Waals surface area contributed by atoms with E-state index in [1.54, 1.807) is 16.0 Å². The van der Waals surface area contributed by atoms with Gasteiger partial charge in [0.1, 0.15) is 5.69 Å². The van der Waals surface area contributed by atoms with E-state index in [1.165, 1.54) is 0 Å². The Morgan fingerprint density at radius 3 is 2.63 bits per heavy atom. The maximum absolute atomic E-state index is 13.1. The second-order valence-electron chi connectivity index (χ2n) is 6.54. The second-order valence-corrected chi connectivity index (χ2v) is 7.92. The minimum atomic E-state index is -0.133. The molecule has 27 heavy (non-hydrogen) atoms. The average molecular weight is 399 g/mol. The summed E-state index contributed by atoms with van der Waals surface area (Å²) in [4.78, 5) is 13.1. The lowest BCUT2D eigenvalue weighted by atomic mass is 10.2. The van der Waals surface area contributed by atoms with Gasteiger partial charge in [-0.2, -0.15) is 5.10 Å². The van der Waals surface area contributed by atoms with E-state index in [1.807, 2.05) is 67.2 Å². The molecule has 0 atom stereocenters. The van der Waals surface area contributed by atoms with Gasteiger partial charge >= 0.3 is 0 Å². The number of halogens is 1. The molecule has 138 valence electrons. The highest BCUT2D eigenvalue weighted by atomic mass is 35.5. The van der Waals surface area contributed by atoms with Gasteiger partial charge in [0.25, 0.3) is 5.91 Å². The Labute approximate surface area is 166 Å². The van der Waals surface area contributed by atoms with Crippen molar-refractivity contribution in [3.63, 3.8) is 0 Å². The van der Waals surface area contributed by atoms with Crippen LogP contribution in [0.2, 0.25) is 5.02 Å². The van der Waals surface area contributed by atoms with Crippen LogP contribution < -0.4 is 5.32 Å². The Hall–Kier alpha value is -2.57. The van der Waals surface area contributed by atoms with Crippen LogP contribution in [0.1, 0.15) is 27.4 Å². The zero-order valence-corrected chi connectivity index (χ0v) is 16.9. The molecule has 4 aromatic rings. The fourth-order valence-electron chi connectivity index (χ4n) is 3.24. The minimum absolute atomic E-state index is 0.133. The lowest BCUT2D eigenvalue weighted by molar-refractivity contribution is 0.101. The number of anilines is 1. The Morgan fingerprint density at radius 1 is 1.22 bits per heavy atom. The van der Waals surface area contributed by atoms with Gasteiger partial charge in [0.2, 0.25) is 0 Å². The Kier molecular flexibility index (Phi) is 4.53. The normalized spacial score (nSPS) is 11.3. The number of carbonyl (C=O) groups excluding carboxylic acids is 1. The van der Waals surface area contributed by atoms with Crippen molar-refractivity contribution in [2.24, 2.45) is 7.05 Å². The summed E-state index contributed by atoms with van der Waals surface area (Å²) in [7, 11) is 1.87. The summed E-state index contributed by atoms with van der Waals surface area (Å²) in [5.74, 6) is -0.133. The van der Waals surface area contributed by atoms with Crippen LogP contribution in [0.3, 0.4) is 0 Å². The SMILES string of the molecule is Cc1nn(C)c(C)c1NC(=O)c1cc2sccc2n1Cc1ccc(Cl)cc1. The fraction of sp³-hybridized carbons (Fsp3) is 0.200. The van der Waals surface area contributed by atoms with Crippen LogP contribution in [0.15, 0.2) is 41.8 Å². The van der Waals surface area contributed by atoms with E-state index in [9.17, 15) is 4.79 Å². The van der Waals surface area contributed by atoms with Crippen molar-refractivity contribution < 1.29 is 4.79 Å². The predicted octanol–water partition coefficient (Wildman–Crippen LogP) is 5.01. The zero-order valence-electron chi connectivity index (χ0n) is 15.3. The van der Waals surface area contributed by atoms with Crippen LogP contribution in [0.25, 0.3) is 10.2 Å². The molecule has 0 saturated carbocycles. The van der Waals surface area contributed by atoms with Gasteiger partial charge in [-0.3, -0.25) is 9.48 Å². The lowest BCUT2D eigenvalue weighted by Gasteiger charge is -2.11.